The van der Waals surface area contributed by atoms with E-state index < -0.39 is 11.9 Å². The Morgan fingerprint density at radius 2 is 1.86 bits per heavy atom. The standard InChI is InChI=1S/C29H27BrN2O5/c1-3-5-8-15-36-22-12-10-18(16-23(22)35-4-2)26-25-27(33)20-17-19(30)11-13-21(20)37-28(25)29(34)32(26)24-9-6-7-14-31-24/h6-7,9-14,16-17,26H,3-5,8,15H2,1-2H3. The summed E-state index contributed by atoms with van der Waals surface area (Å²) < 4.78 is 18.7. The Hall–Kier alpha value is -3.65. The van der Waals surface area contributed by atoms with Crippen LogP contribution in [0.5, 0.6) is 11.5 Å². The third-order valence-electron chi connectivity index (χ3n) is 6.32. The number of nitrogens with zero attached hydrogens (tertiary/aromatic N) is 2. The lowest BCUT2D eigenvalue weighted by Gasteiger charge is -2.25. The third kappa shape index (κ3) is 4.73. The molecule has 0 saturated heterocycles. The summed E-state index contributed by atoms with van der Waals surface area (Å²) in [6, 6.07) is 15.3. The van der Waals surface area contributed by atoms with Gasteiger partial charge in [0.25, 0.3) is 5.91 Å². The summed E-state index contributed by atoms with van der Waals surface area (Å²) in [5, 5.41) is 0.398. The first-order chi connectivity index (χ1) is 18.0. The molecule has 4 aromatic rings. The predicted molar refractivity (Wildman–Crippen MR) is 146 cm³/mol. The molecular formula is C29H27BrN2O5. The van der Waals surface area contributed by atoms with Gasteiger partial charge in [-0.25, -0.2) is 4.98 Å². The van der Waals surface area contributed by atoms with Gasteiger partial charge in [0, 0.05) is 10.7 Å². The van der Waals surface area contributed by atoms with Crippen molar-refractivity contribution in [2.45, 2.75) is 39.2 Å². The highest BCUT2D eigenvalue weighted by Gasteiger charge is 2.44. The van der Waals surface area contributed by atoms with Crippen LogP contribution >= 0.6 is 15.9 Å². The maximum atomic E-state index is 13.8. The summed E-state index contributed by atoms with van der Waals surface area (Å²) in [6.45, 7) is 5.08. The van der Waals surface area contributed by atoms with Gasteiger partial charge in [0.15, 0.2) is 16.9 Å². The zero-order valence-corrected chi connectivity index (χ0v) is 22.3. The number of fused-ring (bicyclic) bond motifs is 2. The van der Waals surface area contributed by atoms with Crippen LogP contribution in [0, 0.1) is 0 Å². The fraction of sp³-hybridized carbons (Fsp3) is 0.276. The average Bonchev–Trinajstić information content (AvgIpc) is 3.21. The minimum atomic E-state index is -0.745. The molecule has 2 aromatic heterocycles. The quantitative estimate of drug-likeness (QED) is 0.212. The van der Waals surface area contributed by atoms with Gasteiger partial charge in [0.1, 0.15) is 11.4 Å². The summed E-state index contributed by atoms with van der Waals surface area (Å²) in [5.41, 5.74) is 1.07. The molecule has 0 aliphatic carbocycles. The maximum Gasteiger partial charge on any atom is 0.296 e. The van der Waals surface area contributed by atoms with Crippen LogP contribution in [-0.2, 0) is 0 Å². The highest BCUT2D eigenvalue weighted by Crippen LogP contribution is 2.43. The Kier molecular flexibility index (Phi) is 7.28. The molecule has 1 aliphatic heterocycles. The molecule has 7 nitrogen and oxygen atoms in total. The van der Waals surface area contributed by atoms with Crippen LogP contribution in [0.3, 0.4) is 0 Å². The van der Waals surface area contributed by atoms with E-state index in [1.165, 1.54) is 4.90 Å². The largest absolute Gasteiger partial charge is 0.490 e. The van der Waals surface area contributed by atoms with Gasteiger partial charge in [-0.3, -0.25) is 14.5 Å². The number of hydrogen-bond acceptors (Lipinski definition) is 6. The van der Waals surface area contributed by atoms with Gasteiger partial charge in [-0.2, -0.15) is 0 Å². The zero-order valence-electron chi connectivity index (χ0n) is 20.7. The lowest BCUT2D eigenvalue weighted by atomic mass is 9.98. The molecule has 190 valence electrons. The van der Waals surface area contributed by atoms with E-state index in [1.54, 1.807) is 42.6 Å². The molecule has 0 saturated carbocycles. The fourth-order valence-corrected chi connectivity index (χ4v) is 4.97. The van der Waals surface area contributed by atoms with Crippen molar-refractivity contribution >= 4 is 38.6 Å². The zero-order chi connectivity index (χ0) is 25.9. The molecule has 0 spiro atoms. The van der Waals surface area contributed by atoms with Crippen molar-refractivity contribution < 1.29 is 18.7 Å². The monoisotopic (exact) mass is 562 g/mol. The van der Waals surface area contributed by atoms with Gasteiger partial charge in [0.2, 0.25) is 5.76 Å². The molecule has 2 aromatic carbocycles. The molecule has 1 unspecified atom stereocenters. The SMILES string of the molecule is CCCCCOc1ccc(C2c3c(oc4ccc(Br)cc4c3=O)C(=O)N2c2ccccn2)cc1OCC. The van der Waals surface area contributed by atoms with Crippen molar-refractivity contribution in [3.05, 3.63) is 92.4 Å². The van der Waals surface area contributed by atoms with E-state index >= 15 is 0 Å². The summed E-state index contributed by atoms with van der Waals surface area (Å²) in [7, 11) is 0. The molecule has 1 atom stereocenters. The molecule has 5 rings (SSSR count). The Balaban J connectivity index is 1.67. The summed E-state index contributed by atoms with van der Waals surface area (Å²) in [6.07, 6.45) is 4.75. The van der Waals surface area contributed by atoms with Crippen LogP contribution in [0.15, 0.2) is 74.5 Å². The van der Waals surface area contributed by atoms with Crippen LogP contribution in [0.1, 0.15) is 60.8 Å². The molecule has 0 radical (unpaired) electrons. The first-order valence-electron chi connectivity index (χ1n) is 12.4. The lowest BCUT2D eigenvalue weighted by molar-refractivity contribution is 0.0970. The number of aromatic nitrogens is 1. The van der Waals surface area contributed by atoms with Gasteiger partial charge in [-0.05, 0) is 61.4 Å². The Labute approximate surface area is 223 Å². The van der Waals surface area contributed by atoms with Crippen LogP contribution in [0.25, 0.3) is 11.0 Å². The highest BCUT2D eigenvalue weighted by molar-refractivity contribution is 9.10. The number of pyridine rings is 1. The summed E-state index contributed by atoms with van der Waals surface area (Å²) in [4.78, 5) is 33.5. The number of carbonyl (C=O) groups is 1. The highest BCUT2D eigenvalue weighted by atomic mass is 79.9. The second-order valence-electron chi connectivity index (χ2n) is 8.77. The Morgan fingerprint density at radius 3 is 2.62 bits per heavy atom. The molecule has 1 aliphatic rings. The van der Waals surface area contributed by atoms with Crippen molar-refractivity contribution in [2.24, 2.45) is 0 Å². The second-order valence-corrected chi connectivity index (χ2v) is 9.69. The first-order valence-corrected chi connectivity index (χ1v) is 13.2. The molecule has 8 heteroatoms. The molecule has 3 heterocycles. The van der Waals surface area contributed by atoms with Crippen LogP contribution < -0.4 is 19.8 Å². The van der Waals surface area contributed by atoms with Gasteiger partial charge < -0.3 is 13.9 Å². The van der Waals surface area contributed by atoms with Crippen molar-refractivity contribution in [3.63, 3.8) is 0 Å². The van der Waals surface area contributed by atoms with Gasteiger partial charge in [0.05, 0.1) is 30.2 Å². The number of rotatable bonds is 9. The summed E-state index contributed by atoms with van der Waals surface area (Å²) in [5.74, 6) is 1.22. The van der Waals surface area contributed by atoms with Crippen LogP contribution in [0.4, 0.5) is 5.82 Å². The lowest BCUT2D eigenvalue weighted by Crippen LogP contribution is -2.30. The van der Waals surface area contributed by atoms with Crippen molar-refractivity contribution in [1.29, 1.82) is 0 Å². The van der Waals surface area contributed by atoms with E-state index in [2.05, 4.69) is 27.8 Å². The van der Waals surface area contributed by atoms with E-state index in [-0.39, 0.29) is 16.8 Å². The minimum Gasteiger partial charge on any atom is -0.490 e. The topological polar surface area (TPSA) is 81.9 Å². The van der Waals surface area contributed by atoms with Crippen molar-refractivity contribution in [1.82, 2.24) is 4.98 Å². The normalized spacial score (nSPS) is 14.7. The number of hydrogen-bond donors (Lipinski definition) is 0. The van der Waals surface area contributed by atoms with Crippen molar-refractivity contribution in [2.75, 3.05) is 18.1 Å². The predicted octanol–water partition coefficient (Wildman–Crippen LogP) is 6.67. The van der Waals surface area contributed by atoms with E-state index in [9.17, 15) is 9.59 Å². The third-order valence-corrected chi connectivity index (χ3v) is 6.81. The molecule has 37 heavy (non-hydrogen) atoms. The number of unbranched alkanes of at least 4 members (excludes halogenated alkanes) is 2. The number of halogens is 1. The van der Waals surface area contributed by atoms with E-state index in [1.807, 2.05) is 25.1 Å². The maximum absolute atomic E-state index is 13.8. The minimum absolute atomic E-state index is 0.0216. The molecule has 0 fully saturated rings. The van der Waals surface area contributed by atoms with Crippen LogP contribution in [-0.4, -0.2) is 24.1 Å². The smallest absolute Gasteiger partial charge is 0.296 e. The Morgan fingerprint density at radius 1 is 1.00 bits per heavy atom. The van der Waals surface area contributed by atoms with Gasteiger partial charge in [-0.15, -0.1) is 0 Å². The van der Waals surface area contributed by atoms with Gasteiger partial charge >= 0.3 is 0 Å². The van der Waals surface area contributed by atoms with E-state index in [0.717, 1.165) is 23.7 Å². The van der Waals surface area contributed by atoms with Crippen LogP contribution in [0.2, 0.25) is 0 Å². The Bertz CT molecular complexity index is 1500. The number of ether oxygens (including phenoxy) is 2. The number of anilines is 1. The van der Waals surface area contributed by atoms with Crippen molar-refractivity contribution in [3.8, 4) is 11.5 Å². The van der Waals surface area contributed by atoms with E-state index in [4.69, 9.17) is 13.9 Å². The summed E-state index contributed by atoms with van der Waals surface area (Å²) >= 11 is 3.43. The number of carbonyl (C=O) groups excluding carboxylic acids is 1. The fourth-order valence-electron chi connectivity index (χ4n) is 4.61. The van der Waals surface area contributed by atoms with E-state index in [0.29, 0.717) is 47.1 Å². The number of amides is 1. The number of benzene rings is 2. The molecular weight excluding hydrogens is 536 g/mol. The molecule has 0 N–H and O–H groups in total. The first kappa shape index (κ1) is 25.0. The average molecular weight is 563 g/mol. The molecule has 0 bridgehead atoms. The van der Waals surface area contributed by atoms with Gasteiger partial charge in [-0.1, -0.05) is 47.8 Å². The molecule has 1 amide bonds. The second kappa shape index (κ2) is 10.8.